The molecule has 18 heavy (non-hydrogen) atoms. The molecule has 3 nitrogen and oxygen atoms in total. The van der Waals surface area contributed by atoms with Gasteiger partial charge in [-0.25, -0.2) is 0 Å². The molecule has 0 aliphatic heterocycles. The van der Waals surface area contributed by atoms with Crippen LogP contribution in [0.5, 0.6) is 0 Å². The van der Waals surface area contributed by atoms with Crippen LogP contribution in [0.25, 0.3) is 10.8 Å². The SMILES string of the molecule is CC(=O)C(Cc1ccc2ccccc2c1)C(N)=O. The van der Waals surface area contributed by atoms with Gasteiger partial charge in [0.05, 0.1) is 5.92 Å². The molecule has 0 bridgehead atoms. The van der Waals surface area contributed by atoms with Gasteiger partial charge in [0.25, 0.3) is 0 Å². The van der Waals surface area contributed by atoms with Gasteiger partial charge < -0.3 is 5.73 Å². The summed E-state index contributed by atoms with van der Waals surface area (Å²) in [7, 11) is 0. The second-order valence-electron chi connectivity index (χ2n) is 4.45. The van der Waals surface area contributed by atoms with Gasteiger partial charge in [0, 0.05) is 0 Å². The molecule has 2 aromatic rings. The Morgan fingerprint density at radius 1 is 1.11 bits per heavy atom. The summed E-state index contributed by atoms with van der Waals surface area (Å²) in [6.07, 6.45) is 0.371. The molecule has 2 rings (SSSR count). The Morgan fingerprint density at radius 2 is 1.78 bits per heavy atom. The molecule has 0 heterocycles. The van der Waals surface area contributed by atoms with Crippen LogP contribution in [0.15, 0.2) is 42.5 Å². The van der Waals surface area contributed by atoms with E-state index >= 15 is 0 Å². The van der Waals surface area contributed by atoms with Crippen LogP contribution in [-0.2, 0) is 16.0 Å². The van der Waals surface area contributed by atoms with Crippen LogP contribution >= 0.6 is 0 Å². The van der Waals surface area contributed by atoms with E-state index < -0.39 is 11.8 Å². The zero-order valence-electron chi connectivity index (χ0n) is 10.2. The van der Waals surface area contributed by atoms with Crippen molar-refractivity contribution < 1.29 is 9.59 Å². The van der Waals surface area contributed by atoms with Gasteiger partial charge in [-0.1, -0.05) is 42.5 Å². The molecule has 0 saturated heterocycles. The van der Waals surface area contributed by atoms with E-state index in [-0.39, 0.29) is 5.78 Å². The summed E-state index contributed by atoms with van der Waals surface area (Å²) in [6.45, 7) is 1.40. The molecule has 0 spiro atoms. The molecular formula is C15H15NO2. The third kappa shape index (κ3) is 2.56. The molecule has 1 amide bonds. The van der Waals surface area contributed by atoms with Gasteiger partial charge in [0.1, 0.15) is 5.78 Å². The molecule has 3 heteroatoms. The molecule has 2 N–H and O–H groups in total. The van der Waals surface area contributed by atoms with Crippen LogP contribution < -0.4 is 5.73 Å². The van der Waals surface area contributed by atoms with Crippen molar-refractivity contribution in [3.05, 3.63) is 48.0 Å². The van der Waals surface area contributed by atoms with Gasteiger partial charge in [-0.3, -0.25) is 9.59 Å². The van der Waals surface area contributed by atoms with Crippen molar-refractivity contribution in [3.8, 4) is 0 Å². The molecule has 1 atom stereocenters. The van der Waals surface area contributed by atoms with Gasteiger partial charge in [-0.15, -0.1) is 0 Å². The van der Waals surface area contributed by atoms with Crippen molar-refractivity contribution in [2.75, 3.05) is 0 Å². The quantitative estimate of drug-likeness (QED) is 0.833. The van der Waals surface area contributed by atoms with Crippen molar-refractivity contribution >= 4 is 22.5 Å². The highest BCUT2D eigenvalue weighted by atomic mass is 16.2. The maximum Gasteiger partial charge on any atom is 0.228 e. The van der Waals surface area contributed by atoms with E-state index in [0.29, 0.717) is 6.42 Å². The highest BCUT2D eigenvalue weighted by Crippen LogP contribution is 2.18. The van der Waals surface area contributed by atoms with Crippen LogP contribution in [0.1, 0.15) is 12.5 Å². The zero-order chi connectivity index (χ0) is 13.1. The first-order valence-corrected chi connectivity index (χ1v) is 5.85. The van der Waals surface area contributed by atoms with Crippen LogP contribution in [-0.4, -0.2) is 11.7 Å². The Balaban J connectivity index is 2.31. The minimum absolute atomic E-state index is 0.185. The van der Waals surface area contributed by atoms with Crippen molar-refractivity contribution in [1.82, 2.24) is 0 Å². The first-order valence-electron chi connectivity index (χ1n) is 5.85. The van der Waals surface area contributed by atoms with E-state index in [2.05, 4.69) is 0 Å². The average Bonchev–Trinajstić information content (AvgIpc) is 2.35. The Hall–Kier alpha value is -2.16. The average molecular weight is 241 g/mol. The van der Waals surface area contributed by atoms with E-state index in [1.54, 1.807) is 0 Å². The lowest BCUT2D eigenvalue weighted by Gasteiger charge is -2.10. The fourth-order valence-corrected chi connectivity index (χ4v) is 2.05. The lowest BCUT2D eigenvalue weighted by atomic mass is 9.94. The normalized spacial score (nSPS) is 12.3. The topological polar surface area (TPSA) is 60.2 Å². The van der Waals surface area contributed by atoms with Crippen LogP contribution in [0.2, 0.25) is 0 Å². The Bertz CT molecular complexity index is 590. The van der Waals surface area contributed by atoms with Crippen molar-refractivity contribution in [2.24, 2.45) is 11.7 Å². The number of Topliss-reactive ketones (excluding diaryl/α,β-unsaturated/α-hetero) is 1. The summed E-state index contributed by atoms with van der Waals surface area (Å²) in [4.78, 5) is 22.6. The largest absolute Gasteiger partial charge is 0.369 e. The molecule has 2 aromatic carbocycles. The van der Waals surface area contributed by atoms with E-state index in [4.69, 9.17) is 5.73 Å². The molecule has 0 aromatic heterocycles. The molecule has 0 aliphatic rings. The van der Waals surface area contributed by atoms with Crippen LogP contribution in [0.4, 0.5) is 0 Å². The summed E-state index contributed by atoms with van der Waals surface area (Å²) in [6, 6.07) is 13.9. The molecule has 92 valence electrons. The number of hydrogen-bond acceptors (Lipinski definition) is 2. The van der Waals surface area contributed by atoms with Gasteiger partial charge in [0.2, 0.25) is 5.91 Å². The van der Waals surface area contributed by atoms with E-state index in [1.807, 2.05) is 42.5 Å². The van der Waals surface area contributed by atoms with Gasteiger partial charge >= 0.3 is 0 Å². The number of rotatable bonds is 4. The summed E-state index contributed by atoms with van der Waals surface area (Å²) >= 11 is 0. The Morgan fingerprint density at radius 3 is 2.39 bits per heavy atom. The standard InChI is InChI=1S/C15H15NO2/c1-10(17)14(15(16)18)9-11-6-7-12-4-2-3-5-13(12)8-11/h2-8,14H,9H2,1H3,(H2,16,18). The number of hydrogen-bond donors (Lipinski definition) is 1. The minimum atomic E-state index is -0.730. The van der Waals surface area contributed by atoms with E-state index in [0.717, 1.165) is 16.3 Å². The second kappa shape index (κ2) is 5.00. The first-order chi connectivity index (χ1) is 8.58. The maximum atomic E-state index is 11.4. The van der Waals surface area contributed by atoms with Gasteiger partial charge in [-0.05, 0) is 29.7 Å². The number of nitrogens with two attached hydrogens (primary N) is 1. The summed E-state index contributed by atoms with van der Waals surface area (Å²) in [5.41, 5.74) is 6.19. The molecule has 0 aliphatic carbocycles. The molecule has 0 saturated carbocycles. The van der Waals surface area contributed by atoms with Gasteiger partial charge in [-0.2, -0.15) is 0 Å². The monoisotopic (exact) mass is 241 g/mol. The first kappa shape index (κ1) is 12.3. The molecule has 0 radical (unpaired) electrons. The van der Waals surface area contributed by atoms with E-state index in [1.165, 1.54) is 6.92 Å². The maximum absolute atomic E-state index is 11.4. The lowest BCUT2D eigenvalue weighted by molar-refractivity contribution is -0.130. The third-order valence-electron chi connectivity index (χ3n) is 3.09. The van der Waals surface area contributed by atoms with Crippen molar-refractivity contribution in [2.45, 2.75) is 13.3 Å². The Labute approximate surface area is 106 Å². The Kier molecular flexibility index (Phi) is 3.42. The zero-order valence-corrected chi connectivity index (χ0v) is 10.2. The molecular weight excluding hydrogens is 226 g/mol. The summed E-state index contributed by atoms with van der Waals surface area (Å²) < 4.78 is 0. The predicted octanol–water partition coefficient (Wildman–Crippen LogP) is 2.07. The molecule has 1 unspecified atom stereocenters. The van der Waals surface area contributed by atoms with Gasteiger partial charge in [0.15, 0.2) is 0 Å². The number of fused-ring (bicyclic) bond motifs is 1. The van der Waals surface area contributed by atoms with E-state index in [9.17, 15) is 9.59 Å². The smallest absolute Gasteiger partial charge is 0.228 e. The van der Waals surface area contributed by atoms with Crippen molar-refractivity contribution in [1.29, 1.82) is 0 Å². The second-order valence-corrected chi connectivity index (χ2v) is 4.45. The molecule has 0 fully saturated rings. The fraction of sp³-hybridized carbons (Fsp3) is 0.200. The minimum Gasteiger partial charge on any atom is -0.369 e. The predicted molar refractivity (Wildman–Crippen MR) is 71.0 cm³/mol. The fourth-order valence-electron chi connectivity index (χ4n) is 2.05. The highest BCUT2D eigenvalue weighted by molar-refractivity contribution is 5.99. The number of carbonyl (C=O) groups excluding carboxylic acids is 2. The van der Waals surface area contributed by atoms with Crippen LogP contribution in [0, 0.1) is 5.92 Å². The number of carbonyl (C=O) groups is 2. The number of primary amides is 1. The third-order valence-corrected chi connectivity index (χ3v) is 3.09. The lowest BCUT2D eigenvalue weighted by Crippen LogP contribution is -2.30. The number of amides is 1. The van der Waals surface area contributed by atoms with Crippen molar-refractivity contribution in [3.63, 3.8) is 0 Å². The van der Waals surface area contributed by atoms with Crippen LogP contribution in [0.3, 0.4) is 0 Å². The summed E-state index contributed by atoms with van der Waals surface area (Å²) in [5, 5.41) is 2.24. The number of benzene rings is 2. The number of ketones is 1. The highest BCUT2D eigenvalue weighted by Gasteiger charge is 2.20. The summed E-state index contributed by atoms with van der Waals surface area (Å²) in [5.74, 6) is -1.47.